The molecule has 2 aromatic carbocycles. The first-order valence-corrected chi connectivity index (χ1v) is 11.6. The predicted molar refractivity (Wildman–Crippen MR) is 123 cm³/mol. The molecule has 5 nitrogen and oxygen atoms in total. The fraction of sp³-hybridized carbons (Fsp3) is 0.318. The number of hydrogen-bond acceptors (Lipinski definition) is 5. The van der Waals surface area contributed by atoms with Crippen LogP contribution in [0.15, 0.2) is 42.5 Å². The smallest absolute Gasteiger partial charge is 0.251 e. The lowest BCUT2D eigenvalue weighted by Gasteiger charge is -2.31. The van der Waals surface area contributed by atoms with Crippen molar-refractivity contribution in [1.82, 2.24) is 14.7 Å². The van der Waals surface area contributed by atoms with Gasteiger partial charge in [-0.15, -0.1) is 0 Å². The van der Waals surface area contributed by atoms with Crippen molar-refractivity contribution in [3.05, 3.63) is 75.3 Å². The molecule has 0 aliphatic carbocycles. The number of hydrogen-bond donors (Lipinski definition) is 1. The van der Waals surface area contributed by atoms with Crippen LogP contribution in [-0.2, 0) is 6.42 Å². The number of rotatable bonds is 6. The lowest BCUT2D eigenvalue weighted by molar-refractivity contribution is 0.0945. The van der Waals surface area contributed by atoms with E-state index >= 15 is 0 Å². The van der Waals surface area contributed by atoms with E-state index in [4.69, 9.17) is 23.2 Å². The van der Waals surface area contributed by atoms with E-state index in [1.807, 2.05) is 0 Å². The molecule has 1 aromatic heterocycles. The average Bonchev–Trinajstić information content (AvgIpc) is 3.24. The van der Waals surface area contributed by atoms with Gasteiger partial charge in [0, 0.05) is 43.2 Å². The number of carbonyl (C=O) groups excluding carboxylic acids is 1. The number of amides is 1. The van der Waals surface area contributed by atoms with Gasteiger partial charge in [-0.05, 0) is 54.7 Å². The van der Waals surface area contributed by atoms with Gasteiger partial charge in [-0.1, -0.05) is 35.3 Å². The van der Waals surface area contributed by atoms with Crippen LogP contribution >= 0.6 is 34.7 Å². The zero-order chi connectivity index (χ0) is 21.8. The molecule has 1 amide bonds. The Bertz CT molecular complexity index is 1050. The summed E-state index contributed by atoms with van der Waals surface area (Å²) in [5.74, 6) is 0.777. The Morgan fingerprint density at radius 2 is 1.87 bits per heavy atom. The van der Waals surface area contributed by atoms with E-state index in [0.717, 1.165) is 42.5 Å². The normalized spacial score (nSPS) is 14.6. The van der Waals surface area contributed by atoms with E-state index in [1.165, 1.54) is 23.7 Å². The average molecular weight is 479 g/mol. The van der Waals surface area contributed by atoms with Crippen molar-refractivity contribution >= 4 is 45.8 Å². The summed E-state index contributed by atoms with van der Waals surface area (Å²) in [6.07, 6.45) is 2.52. The Morgan fingerprint density at radius 1 is 1.13 bits per heavy atom. The van der Waals surface area contributed by atoms with Gasteiger partial charge in [0.05, 0.1) is 10.0 Å². The molecule has 0 spiro atoms. The minimum absolute atomic E-state index is 0.143. The van der Waals surface area contributed by atoms with Gasteiger partial charge in [-0.3, -0.25) is 4.79 Å². The van der Waals surface area contributed by atoms with E-state index < -0.39 is 0 Å². The first kappa shape index (κ1) is 22.0. The number of piperidine rings is 1. The van der Waals surface area contributed by atoms with Crippen molar-refractivity contribution in [3.63, 3.8) is 0 Å². The molecule has 0 bridgehead atoms. The summed E-state index contributed by atoms with van der Waals surface area (Å²) < 4.78 is 17.5. The summed E-state index contributed by atoms with van der Waals surface area (Å²) in [5.41, 5.74) is 1.50. The van der Waals surface area contributed by atoms with Crippen LogP contribution < -0.4 is 10.2 Å². The van der Waals surface area contributed by atoms with Crippen molar-refractivity contribution in [2.24, 2.45) is 5.92 Å². The predicted octanol–water partition coefficient (Wildman–Crippen LogP) is 5.22. The molecule has 0 radical (unpaired) electrons. The third-order valence-corrected chi connectivity index (χ3v) is 6.90. The topological polar surface area (TPSA) is 58.1 Å². The molecular weight excluding hydrogens is 458 g/mol. The molecule has 1 fully saturated rings. The zero-order valence-corrected chi connectivity index (χ0v) is 19.0. The molecular formula is C22H21Cl2FN4OS. The number of benzene rings is 2. The number of carbonyl (C=O) groups is 1. The van der Waals surface area contributed by atoms with Gasteiger partial charge in [0.1, 0.15) is 11.6 Å². The second kappa shape index (κ2) is 9.94. The van der Waals surface area contributed by atoms with Gasteiger partial charge >= 0.3 is 0 Å². The maximum Gasteiger partial charge on any atom is 0.251 e. The van der Waals surface area contributed by atoms with Crippen molar-refractivity contribution in [2.75, 3.05) is 24.5 Å². The lowest BCUT2D eigenvalue weighted by Crippen LogP contribution is -2.38. The highest BCUT2D eigenvalue weighted by Gasteiger charge is 2.22. The molecule has 0 unspecified atom stereocenters. The van der Waals surface area contributed by atoms with Crippen molar-refractivity contribution in [1.29, 1.82) is 0 Å². The fourth-order valence-electron chi connectivity index (χ4n) is 3.53. The van der Waals surface area contributed by atoms with Crippen LogP contribution in [0, 0.1) is 11.7 Å². The SMILES string of the molecule is O=C(NCC1CCN(c2nc(Cc3ccc(F)cc3)ns2)CC1)c1ccc(Cl)c(Cl)c1. The Labute approximate surface area is 194 Å². The molecule has 1 aliphatic heterocycles. The first-order chi connectivity index (χ1) is 15.0. The molecule has 0 atom stereocenters. The number of nitrogens with one attached hydrogen (secondary N) is 1. The molecule has 162 valence electrons. The molecule has 1 aliphatic rings. The minimum atomic E-state index is -0.244. The van der Waals surface area contributed by atoms with Crippen LogP contribution in [0.2, 0.25) is 10.0 Å². The second-order valence-electron chi connectivity index (χ2n) is 7.57. The van der Waals surface area contributed by atoms with Crippen LogP contribution in [0.25, 0.3) is 0 Å². The van der Waals surface area contributed by atoms with Crippen LogP contribution in [-0.4, -0.2) is 34.9 Å². The largest absolute Gasteiger partial charge is 0.352 e. The van der Waals surface area contributed by atoms with Crippen molar-refractivity contribution < 1.29 is 9.18 Å². The summed E-state index contributed by atoms with van der Waals surface area (Å²) in [7, 11) is 0. The second-order valence-corrected chi connectivity index (χ2v) is 9.11. The maximum absolute atomic E-state index is 13.1. The quantitative estimate of drug-likeness (QED) is 0.527. The Morgan fingerprint density at radius 3 is 2.58 bits per heavy atom. The van der Waals surface area contributed by atoms with E-state index in [2.05, 4.69) is 19.6 Å². The first-order valence-electron chi connectivity index (χ1n) is 10.0. The molecule has 0 saturated carbocycles. The van der Waals surface area contributed by atoms with Gasteiger partial charge < -0.3 is 10.2 Å². The third kappa shape index (κ3) is 5.73. The van der Waals surface area contributed by atoms with Crippen LogP contribution in [0.3, 0.4) is 0 Å². The number of nitrogens with zero attached hydrogens (tertiary/aromatic N) is 3. The van der Waals surface area contributed by atoms with Crippen molar-refractivity contribution in [3.8, 4) is 0 Å². The van der Waals surface area contributed by atoms with Gasteiger partial charge in [0.25, 0.3) is 5.91 Å². The molecule has 2 heterocycles. The third-order valence-electron chi connectivity index (χ3n) is 5.35. The summed E-state index contributed by atoms with van der Waals surface area (Å²) in [6.45, 7) is 2.37. The standard InChI is InChI=1S/C22H21Cl2FN4OS/c23-18-6-3-16(12-19(18)24)21(30)26-13-15-7-9-29(10-8-15)22-27-20(28-31-22)11-14-1-4-17(25)5-2-14/h1-6,12,15H,7-11,13H2,(H,26,30). The highest BCUT2D eigenvalue weighted by Crippen LogP contribution is 2.26. The van der Waals surface area contributed by atoms with Crippen LogP contribution in [0.5, 0.6) is 0 Å². The van der Waals surface area contributed by atoms with Gasteiger partial charge in [0.2, 0.25) is 5.13 Å². The van der Waals surface area contributed by atoms with Gasteiger partial charge in [0.15, 0.2) is 0 Å². The molecule has 3 aromatic rings. The Balaban J connectivity index is 1.25. The zero-order valence-electron chi connectivity index (χ0n) is 16.7. The molecule has 9 heteroatoms. The highest BCUT2D eigenvalue weighted by molar-refractivity contribution is 7.09. The molecule has 31 heavy (non-hydrogen) atoms. The molecule has 4 rings (SSSR count). The number of aromatic nitrogens is 2. The van der Waals surface area contributed by atoms with Crippen LogP contribution in [0.4, 0.5) is 9.52 Å². The Hall–Kier alpha value is -2.22. The summed E-state index contributed by atoms with van der Waals surface area (Å²) in [4.78, 5) is 19.2. The lowest BCUT2D eigenvalue weighted by atomic mass is 9.97. The van der Waals surface area contributed by atoms with Gasteiger partial charge in [-0.2, -0.15) is 4.37 Å². The maximum atomic E-state index is 13.1. The monoisotopic (exact) mass is 478 g/mol. The highest BCUT2D eigenvalue weighted by atomic mass is 35.5. The fourth-order valence-corrected chi connectivity index (χ4v) is 4.57. The summed E-state index contributed by atoms with van der Waals surface area (Å²) in [5, 5.41) is 4.71. The number of halogens is 3. The summed E-state index contributed by atoms with van der Waals surface area (Å²) >= 11 is 13.3. The van der Waals surface area contributed by atoms with Crippen LogP contribution in [0.1, 0.15) is 34.6 Å². The number of anilines is 1. The Kier molecular flexibility index (Phi) is 7.05. The van der Waals surface area contributed by atoms with Crippen molar-refractivity contribution in [2.45, 2.75) is 19.3 Å². The van der Waals surface area contributed by atoms with E-state index in [1.54, 1.807) is 30.3 Å². The van der Waals surface area contributed by atoms with E-state index in [9.17, 15) is 9.18 Å². The minimum Gasteiger partial charge on any atom is -0.352 e. The van der Waals surface area contributed by atoms with Gasteiger partial charge in [-0.25, -0.2) is 9.37 Å². The summed E-state index contributed by atoms with van der Waals surface area (Å²) in [6, 6.07) is 11.3. The van der Waals surface area contributed by atoms with E-state index in [0.29, 0.717) is 34.5 Å². The van der Waals surface area contributed by atoms with E-state index in [-0.39, 0.29) is 11.7 Å². The molecule has 1 saturated heterocycles. The molecule has 1 N–H and O–H groups in total.